The number of hydrogen-bond acceptors (Lipinski definition) is 10. The minimum atomic E-state index is -0.216. The summed E-state index contributed by atoms with van der Waals surface area (Å²) in [5.74, 6) is 4.66. The van der Waals surface area contributed by atoms with E-state index < -0.39 is 0 Å². The monoisotopic (exact) mass is 790 g/mol. The molecule has 0 radical (unpaired) electrons. The molecule has 9 rings (SSSR count). The van der Waals surface area contributed by atoms with Crippen molar-refractivity contribution in [1.29, 1.82) is 0 Å². The molecule has 1 aliphatic heterocycles. The summed E-state index contributed by atoms with van der Waals surface area (Å²) in [6, 6.07) is 12.1. The van der Waals surface area contributed by atoms with Gasteiger partial charge in [0.1, 0.15) is 11.4 Å². The van der Waals surface area contributed by atoms with Crippen LogP contribution in [0.1, 0.15) is 128 Å². The van der Waals surface area contributed by atoms with Gasteiger partial charge in [-0.15, -0.1) is 10.2 Å². The van der Waals surface area contributed by atoms with Crippen molar-refractivity contribution >= 4 is 24.4 Å². The second-order valence-electron chi connectivity index (χ2n) is 17.7. The van der Waals surface area contributed by atoms with E-state index in [2.05, 4.69) is 54.4 Å². The van der Waals surface area contributed by atoms with E-state index in [9.17, 15) is 9.59 Å². The zero-order valence-corrected chi connectivity index (χ0v) is 34.9. The SMILES string of the molecule is CCCCc1nc(CCCC)n(Cc2ccc(-c3ccccc3-c3nn[nH]n3)nc2)n1.C[C@]12CCC(=O)C=C1C[C@@H](S)[C@@H]1C2CC[C@@]2(C)[C@H]1CC[C@@]21CCC(=O)O1. The van der Waals surface area contributed by atoms with E-state index >= 15 is 0 Å². The Kier molecular flexibility index (Phi) is 11.3. The van der Waals surface area contributed by atoms with Crippen molar-refractivity contribution in [3.63, 3.8) is 0 Å². The predicted molar refractivity (Wildman–Crippen MR) is 222 cm³/mol. The van der Waals surface area contributed by atoms with E-state index in [4.69, 9.17) is 32.4 Å². The molecule has 4 fully saturated rings. The van der Waals surface area contributed by atoms with E-state index in [0.29, 0.717) is 54.0 Å². The minimum Gasteiger partial charge on any atom is -0.458 e. The number of allylic oxidation sites excluding steroid dienone is 1. The quantitative estimate of drug-likeness (QED) is 0.119. The Labute approximate surface area is 342 Å². The topological polar surface area (TPSA) is 141 Å². The van der Waals surface area contributed by atoms with Crippen molar-refractivity contribution < 1.29 is 14.3 Å². The lowest BCUT2D eigenvalue weighted by atomic mass is 9.46. The number of unbranched alkanes of at least 4 members (excludes halogenated alkanes) is 2. The fraction of sp³-hybridized carbons (Fsp3) is 0.600. The lowest BCUT2D eigenvalue weighted by Crippen LogP contribution is -2.57. The van der Waals surface area contributed by atoms with Gasteiger partial charge < -0.3 is 4.74 Å². The van der Waals surface area contributed by atoms with E-state index in [1.165, 1.54) is 12.0 Å². The van der Waals surface area contributed by atoms with Crippen molar-refractivity contribution in [1.82, 2.24) is 40.4 Å². The summed E-state index contributed by atoms with van der Waals surface area (Å²) in [4.78, 5) is 33.5. The number of nitrogens with one attached hydrogen (secondary N) is 1. The molecule has 12 heteroatoms. The maximum absolute atomic E-state index is 12.0. The number of hydrogen-bond donors (Lipinski definition) is 2. The predicted octanol–water partition coefficient (Wildman–Crippen LogP) is 8.76. The number of pyridine rings is 1. The summed E-state index contributed by atoms with van der Waals surface area (Å²) in [5, 5.41) is 19.5. The highest BCUT2D eigenvalue weighted by atomic mass is 32.1. The Hall–Kier alpha value is -4.19. The number of ether oxygens (including phenoxy) is 1. The van der Waals surface area contributed by atoms with Crippen molar-refractivity contribution in [2.45, 2.75) is 141 Å². The summed E-state index contributed by atoms with van der Waals surface area (Å²) in [5.41, 5.74) is 5.26. The molecular weight excluding hydrogens is 733 g/mol. The standard InChI is InChI=1S/C23H28N8.C22H30O3S/c1-3-5-11-21-25-22(12-6-4-2)31(28-21)16-17-13-14-20(24-15-17)18-9-7-8-10-19(18)23-26-29-30-27-23;1-20-7-3-14(23)11-13(20)12-17(26)19-15(20)4-8-21(2)16(19)5-9-22(21)10-6-18(24)25-22/h7-10,13-15H,3-6,11-12,16H2,1-2H3,(H,26,27,29,30);11,15-17,19,26H,3-10,12H2,1-2H3/t;15?,16-,17+,19+,20-,21-,22+/m.0/s1. The molecule has 57 heavy (non-hydrogen) atoms. The molecule has 4 aliphatic carbocycles. The Morgan fingerprint density at radius 1 is 0.930 bits per heavy atom. The fourth-order valence-electron chi connectivity index (χ4n) is 11.4. The number of fused-ring (bicyclic) bond motifs is 6. The molecule has 11 nitrogen and oxygen atoms in total. The molecule has 0 bridgehead atoms. The highest BCUT2D eigenvalue weighted by molar-refractivity contribution is 7.81. The second-order valence-corrected chi connectivity index (χ2v) is 18.4. The van der Waals surface area contributed by atoms with Crippen LogP contribution in [0.4, 0.5) is 0 Å². The molecule has 1 aromatic carbocycles. The molecule has 1 spiro atoms. The molecule has 302 valence electrons. The van der Waals surface area contributed by atoms with Gasteiger partial charge >= 0.3 is 5.97 Å². The number of carbonyl (C=O) groups is 2. The van der Waals surface area contributed by atoms with Crippen LogP contribution in [0, 0.1) is 28.6 Å². The zero-order chi connectivity index (χ0) is 39.8. The van der Waals surface area contributed by atoms with Crippen molar-refractivity contribution in [2.75, 3.05) is 0 Å². The van der Waals surface area contributed by atoms with E-state index in [0.717, 1.165) is 111 Å². The molecule has 3 saturated carbocycles. The number of aromatic amines is 1. The van der Waals surface area contributed by atoms with Crippen molar-refractivity contribution in [3.8, 4) is 22.6 Å². The van der Waals surface area contributed by atoms with Gasteiger partial charge in [0, 0.05) is 53.7 Å². The van der Waals surface area contributed by atoms with Gasteiger partial charge in [-0.1, -0.05) is 76.4 Å². The van der Waals surface area contributed by atoms with Gasteiger partial charge in [-0.25, -0.2) is 9.67 Å². The average Bonchev–Trinajstić information content (AvgIpc) is 4.02. The molecule has 3 aromatic heterocycles. The average molecular weight is 791 g/mol. The molecule has 4 heterocycles. The summed E-state index contributed by atoms with van der Waals surface area (Å²) in [6.07, 6.45) is 19.0. The first-order valence-corrected chi connectivity index (χ1v) is 21.9. The number of H-pyrrole nitrogens is 1. The van der Waals surface area contributed by atoms with Gasteiger partial charge in [0.2, 0.25) is 5.82 Å². The van der Waals surface area contributed by atoms with Crippen molar-refractivity contribution in [2.24, 2.45) is 28.6 Å². The van der Waals surface area contributed by atoms with Crippen LogP contribution in [0.5, 0.6) is 0 Å². The van der Waals surface area contributed by atoms with Crippen LogP contribution in [0.3, 0.4) is 0 Å². The van der Waals surface area contributed by atoms with Gasteiger partial charge in [0.25, 0.3) is 0 Å². The van der Waals surface area contributed by atoms with Gasteiger partial charge in [-0.05, 0) is 104 Å². The summed E-state index contributed by atoms with van der Waals surface area (Å²) >= 11 is 5.07. The van der Waals surface area contributed by atoms with Crippen LogP contribution in [-0.4, -0.2) is 63.0 Å². The number of aromatic nitrogens is 8. The number of aryl methyl sites for hydroxylation is 2. The molecule has 1 unspecified atom stereocenters. The first-order chi connectivity index (χ1) is 27.6. The lowest BCUT2D eigenvalue weighted by molar-refractivity contribution is -0.167. The van der Waals surface area contributed by atoms with Gasteiger partial charge in [0.15, 0.2) is 11.6 Å². The van der Waals surface area contributed by atoms with Crippen LogP contribution < -0.4 is 0 Å². The van der Waals surface area contributed by atoms with E-state index in [1.807, 2.05) is 47.3 Å². The number of tetrazole rings is 1. The fourth-order valence-corrected chi connectivity index (χ4v) is 12.0. The van der Waals surface area contributed by atoms with E-state index in [1.54, 1.807) is 0 Å². The third kappa shape index (κ3) is 7.40. The molecule has 1 saturated heterocycles. The normalized spacial score (nSPS) is 30.2. The number of ketones is 1. The first kappa shape index (κ1) is 39.6. The van der Waals surface area contributed by atoms with Gasteiger partial charge in [-0.2, -0.15) is 22.9 Å². The number of carbonyl (C=O) groups excluding carboxylic acids is 2. The maximum atomic E-state index is 12.0. The highest BCUT2D eigenvalue weighted by Gasteiger charge is 2.68. The molecule has 5 aliphatic rings. The second kappa shape index (κ2) is 16.2. The largest absolute Gasteiger partial charge is 0.458 e. The van der Waals surface area contributed by atoms with Crippen molar-refractivity contribution in [3.05, 3.63) is 71.5 Å². The van der Waals surface area contributed by atoms with Crippen LogP contribution in [0.15, 0.2) is 54.2 Å². The van der Waals surface area contributed by atoms with Gasteiger partial charge in [-0.3, -0.25) is 14.6 Å². The summed E-state index contributed by atoms with van der Waals surface area (Å²) < 4.78 is 8.07. The Bertz CT molecular complexity index is 2100. The summed E-state index contributed by atoms with van der Waals surface area (Å²) in [7, 11) is 0. The Morgan fingerprint density at radius 2 is 1.72 bits per heavy atom. The van der Waals surface area contributed by atoms with Crippen LogP contribution in [0.25, 0.3) is 22.6 Å². The molecule has 1 N–H and O–H groups in total. The smallest absolute Gasteiger partial charge is 0.306 e. The molecular formula is C45H58N8O3S. The number of esters is 1. The number of nitrogens with zero attached hydrogens (tertiary/aromatic N) is 7. The first-order valence-electron chi connectivity index (χ1n) is 21.4. The number of thiol groups is 1. The number of benzene rings is 1. The third-order valence-corrected chi connectivity index (χ3v) is 15.1. The maximum Gasteiger partial charge on any atom is 0.306 e. The molecule has 0 amide bonds. The molecule has 7 atom stereocenters. The van der Waals surface area contributed by atoms with Gasteiger partial charge in [0.05, 0.1) is 12.2 Å². The highest BCUT2D eigenvalue weighted by Crippen LogP contribution is 2.70. The van der Waals surface area contributed by atoms with E-state index in [-0.39, 0.29) is 22.4 Å². The summed E-state index contributed by atoms with van der Waals surface area (Å²) in [6.45, 7) is 9.88. The molecule has 4 aromatic rings. The number of rotatable bonds is 10. The van der Waals surface area contributed by atoms with Crippen LogP contribution in [-0.2, 0) is 33.7 Å². The Morgan fingerprint density at radius 3 is 2.44 bits per heavy atom. The zero-order valence-electron chi connectivity index (χ0n) is 34.0. The van der Waals surface area contributed by atoms with Crippen LogP contribution in [0.2, 0.25) is 0 Å². The Balaban J connectivity index is 0.000000162. The van der Waals surface area contributed by atoms with Crippen LogP contribution >= 0.6 is 12.6 Å². The minimum absolute atomic E-state index is 0.00282. The third-order valence-electron chi connectivity index (χ3n) is 14.6. The lowest BCUT2D eigenvalue weighted by Gasteiger charge is -2.60.